The van der Waals surface area contributed by atoms with Gasteiger partial charge in [0.15, 0.2) is 0 Å². The summed E-state index contributed by atoms with van der Waals surface area (Å²) < 4.78 is 15.4. The van der Waals surface area contributed by atoms with Gasteiger partial charge in [0.05, 0.1) is 6.54 Å². The molecule has 20 heavy (non-hydrogen) atoms. The van der Waals surface area contributed by atoms with Crippen LogP contribution in [0.3, 0.4) is 0 Å². The van der Waals surface area contributed by atoms with E-state index in [0.29, 0.717) is 6.54 Å². The van der Waals surface area contributed by atoms with E-state index >= 15 is 0 Å². The molecule has 0 radical (unpaired) electrons. The highest BCUT2D eigenvalue weighted by Gasteiger charge is 2.22. The van der Waals surface area contributed by atoms with E-state index < -0.39 is 0 Å². The van der Waals surface area contributed by atoms with Crippen molar-refractivity contribution >= 4 is 0 Å². The molecule has 4 nitrogen and oxygen atoms in total. The second-order valence-corrected chi connectivity index (χ2v) is 5.23. The molecule has 108 valence electrons. The molecule has 0 aliphatic heterocycles. The summed E-state index contributed by atoms with van der Waals surface area (Å²) in [5, 5.41) is 0. The number of aryl methyl sites for hydroxylation is 1. The van der Waals surface area contributed by atoms with Gasteiger partial charge < -0.3 is 10.3 Å². The quantitative estimate of drug-likeness (QED) is 0.909. The fourth-order valence-electron chi connectivity index (χ4n) is 2.52. The number of likely N-dealkylation sites (N-methyl/N-ethyl adjacent to an activating group) is 1. The molecule has 0 aliphatic carbocycles. The molecule has 2 unspecified atom stereocenters. The van der Waals surface area contributed by atoms with Gasteiger partial charge in [-0.3, -0.25) is 4.90 Å². The van der Waals surface area contributed by atoms with Crippen LogP contribution in [0.25, 0.3) is 0 Å². The fourth-order valence-corrected chi connectivity index (χ4v) is 2.52. The maximum Gasteiger partial charge on any atom is 0.123 e. The lowest BCUT2D eigenvalue weighted by Gasteiger charge is -2.31. The molecular formula is C15H21FN4. The van der Waals surface area contributed by atoms with Gasteiger partial charge in [-0.05, 0) is 31.7 Å². The second-order valence-electron chi connectivity index (χ2n) is 5.23. The van der Waals surface area contributed by atoms with Crippen molar-refractivity contribution in [3.05, 3.63) is 53.9 Å². The highest BCUT2D eigenvalue weighted by atomic mass is 19.1. The molecule has 2 atom stereocenters. The Balaban J connectivity index is 2.22. The lowest BCUT2D eigenvalue weighted by Crippen LogP contribution is -2.37. The first-order valence-electron chi connectivity index (χ1n) is 6.66. The van der Waals surface area contributed by atoms with E-state index in [0.717, 1.165) is 11.4 Å². The summed E-state index contributed by atoms with van der Waals surface area (Å²) >= 11 is 0. The van der Waals surface area contributed by atoms with E-state index in [-0.39, 0.29) is 17.9 Å². The summed E-state index contributed by atoms with van der Waals surface area (Å²) in [5.41, 5.74) is 6.98. The standard InChI is InChI=1S/C15H21FN4/c1-11(17)15(12-5-4-6-13(16)9-12)20(3)10-14-18-7-8-19(14)2/h4-9,11,15H,10,17H2,1-3H3. The molecule has 0 saturated carbocycles. The van der Waals surface area contributed by atoms with E-state index in [4.69, 9.17) is 5.73 Å². The largest absolute Gasteiger partial charge is 0.337 e. The minimum Gasteiger partial charge on any atom is -0.337 e. The number of hydrogen-bond donors (Lipinski definition) is 1. The number of hydrogen-bond acceptors (Lipinski definition) is 3. The molecule has 2 aromatic rings. The van der Waals surface area contributed by atoms with Gasteiger partial charge in [-0.15, -0.1) is 0 Å². The Bertz CT molecular complexity index is 565. The number of aromatic nitrogens is 2. The summed E-state index contributed by atoms with van der Waals surface area (Å²) in [6.45, 7) is 2.59. The van der Waals surface area contributed by atoms with Crippen LogP contribution in [0.5, 0.6) is 0 Å². The molecule has 1 aromatic heterocycles. The summed E-state index contributed by atoms with van der Waals surface area (Å²) in [7, 11) is 3.94. The summed E-state index contributed by atoms with van der Waals surface area (Å²) in [5.74, 6) is 0.716. The topological polar surface area (TPSA) is 47.1 Å². The number of imidazole rings is 1. The summed E-state index contributed by atoms with van der Waals surface area (Å²) in [6.07, 6.45) is 3.68. The van der Waals surface area contributed by atoms with Gasteiger partial charge in [0, 0.05) is 31.5 Å². The van der Waals surface area contributed by atoms with Crippen molar-refractivity contribution in [1.82, 2.24) is 14.5 Å². The zero-order chi connectivity index (χ0) is 14.7. The maximum atomic E-state index is 13.4. The monoisotopic (exact) mass is 276 g/mol. The molecule has 1 aromatic carbocycles. The smallest absolute Gasteiger partial charge is 0.123 e. The van der Waals surface area contributed by atoms with Crippen molar-refractivity contribution in [3.63, 3.8) is 0 Å². The van der Waals surface area contributed by atoms with Crippen LogP contribution < -0.4 is 5.73 Å². The molecule has 5 heteroatoms. The highest BCUT2D eigenvalue weighted by Crippen LogP contribution is 2.24. The number of nitrogens with two attached hydrogens (primary N) is 1. The van der Waals surface area contributed by atoms with Crippen LogP contribution in [0.2, 0.25) is 0 Å². The Morgan fingerprint density at radius 2 is 2.20 bits per heavy atom. The van der Waals surface area contributed by atoms with E-state index in [2.05, 4.69) is 9.88 Å². The van der Waals surface area contributed by atoms with Gasteiger partial charge in [0.25, 0.3) is 0 Å². The third kappa shape index (κ3) is 3.23. The van der Waals surface area contributed by atoms with Crippen molar-refractivity contribution in [2.45, 2.75) is 25.6 Å². The van der Waals surface area contributed by atoms with Crippen LogP contribution in [0.15, 0.2) is 36.7 Å². The average molecular weight is 276 g/mol. The number of rotatable bonds is 5. The lowest BCUT2D eigenvalue weighted by atomic mass is 9.99. The van der Waals surface area contributed by atoms with E-state index in [1.54, 1.807) is 18.3 Å². The van der Waals surface area contributed by atoms with Gasteiger partial charge in [0.2, 0.25) is 0 Å². The number of halogens is 1. The first-order valence-corrected chi connectivity index (χ1v) is 6.66. The van der Waals surface area contributed by atoms with Crippen LogP contribution in [0.4, 0.5) is 4.39 Å². The Morgan fingerprint density at radius 3 is 2.75 bits per heavy atom. The van der Waals surface area contributed by atoms with E-state index in [1.165, 1.54) is 6.07 Å². The zero-order valence-electron chi connectivity index (χ0n) is 12.1. The van der Waals surface area contributed by atoms with Gasteiger partial charge in [-0.2, -0.15) is 0 Å². The van der Waals surface area contributed by atoms with Crippen LogP contribution in [-0.4, -0.2) is 27.5 Å². The highest BCUT2D eigenvalue weighted by molar-refractivity contribution is 5.21. The maximum absolute atomic E-state index is 13.4. The minimum absolute atomic E-state index is 0.0533. The van der Waals surface area contributed by atoms with Crippen LogP contribution in [-0.2, 0) is 13.6 Å². The van der Waals surface area contributed by atoms with Crippen molar-refractivity contribution in [1.29, 1.82) is 0 Å². The van der Waals surface area contributed by atoms with Crippen molar-refractivity contribution in [2.75, 3.05) is 7.05 Å². The summed E-state index contributed by atoms with van der Waals surface area (Å²) in [4.78, 5) is 6.41. The predicted octanol–water partition coefficient (Wildman–Crippen LogP) is 2.08. The molecular weight excluding hydrogens is 255 g/mol. The van der Waals surface area contributed by atoms with E-state index in [9.17, 15) is 4.39 Å². The minimum atomic E-state index is -0.237. The van der Waals surface area contributed by atoms with Crippen LogP contribution in [0.1, 0.15) is 24.4 Å². The Hall–Kier alpha value is -1.72. The Kier molecular flexibility index (Phi) is 4.52. The molecule has 0 aliphatic rings. The number of benzene rings is 1. The van der Waals surface area contributed by atoms with Gasteiger partial charge in [-0.25, -0.2) is 9.37 Å². The molecule has 0 amide bonds. The van der Waals surface area contributed by atoms with E-state index in [1.807, 2.05) is 37.8 Å². The third-order valence-electron chi connectivity index (χ3n) is 3.47. The van der Waals surface area contributed by atoms with Crippen LogP contribution >= 0.6 is 0 Å². The van der Waals surface area contributed by atoms with Gasteiger partial charge in [0.1, 0.15) is 11.6 Å². The van der Waals surface area contributed by atoms with Crippen molar-refractivity contribution < 1.29 is 4.39 Å². The second kappa shape index (κ2) is 6.15. The first kappa shape index (κ1) is 14.7. The number of nitrogens with zero attached hydrogens (tertiary/aromatic N) is 3. The molecule has 0 fully saturated rings. The van der Waals surface area contributed by atoms with Gasteiger partial charge in [-0.1, -0.05) is 12.1 Å². The normalized spacial score (nSPS) is 14.5. The Morgan fingerprint density at radius 1 is 1.45 bits per heavy atom. The Labute approximate surface area is 119 Å². The van der Waals surface area contributed by atoms with Gasteiger partial charge >= 0.3 is 0 Å². The third-order valence-corrected chi connectivity index (χ3v) is 3.47. The molecule has 2 N–H and O–H groups in total. The average Bonchev–Trinajstić information content (AvgIpc) is 2.74. The van der Waals surface area contributed by atoms with Crippen molar-refractivity contribution in [2.24, 2.45) is 12.8 Å². The predicted molar refractivity (Wildman–Crippen MR) is 77.5 cm³/mol. The SMILES string of the molecule is CC(N)C(c1cccc(F)c1)N(C)Cc1nccn1C. The molecule has 0 bridgehead atoms. The van der Waals surface area contributed by atoms with Crippen molar-refractivity contribution in [3.8, 4) is 0 Å². The fraction of sp³-hybridized carbons (Fsp3) is 0.400. The molecule has 0 spiro atoms. The lowest BCUT2D eigenvalue weighted by molar-refractivity contribution is 0.204. The summed E-state index contributed by atoms with van der Waals surface area (Å²) in [6, 6.07) is 6.45. The molecule has 0 saturated heterocycles. The van der Waals surface area contributed by atoms with Crippen LogP contribution in [0, 0.1) is 5.82 Å². The molecule has 1 heterocycles. The first-order chi connectivity index (χ1) is 9.49. The zero-order valence-corrected chi connectivity index (χ0v) is 12.1. The molecule has 2 rings (SSSR count).